The minimum atomic E-state index is -0.990. The molecule has 1 aromatic heterocycles. The SMILES string of the molecule is CNc1nc(N2CC[C@@H](F)C2)c(C(=O)N[C@H]2CC[C@H](C)CC2)cc1[N+](=O)[O-]. The van der Waals surface area contributed by atoms with Crippen LogP contribution in [0.5, 0.6) is 0 Å². The quantitative estimate of drug-likeness (QED) is 0.603. The highest BCUT2D eigenvalue weighted by Gasteiger charge is 2.31. The molecule has 1 saturated heterocycles. The van der Waals surface area contributed by atoms with Gasteiger partial charge < -0.3 is 15.5 Å². The highest BCUT2D eigenvalue weighted by Crippen LogP contribution is 2.32. The van der Waals surface area contributed by atoms with E-state index in [1.807, 2.05) is 0 Å². The summed E-state index contributed by atoms with van der Waals surface area (Å²) >= 11 is 0. The molecule has 8 nitrogen and oxygen atoms in total. The average Bonchev–Trinajstić information content (AvgIpc) is 3.08. The number of rotatable bonds is 5. The highest BCUT2D eigenvalue weighted by atomic mass is 19.1. The van der Waals surface area contributed by atoms with Crippen molar-refractivity contribution in [1.82, 2.24) is 10.3 Å². The van der Waals surface area contributed by atoms with Crippen molar-refractivity contribution in [2.45, 2.75) is 51.2 Å². The first-order chi connectivity index (χ1) is 12.9. The van der Waals surface area contributed by atoms with Crippen molar-refractivity contribution in [3.63, 3.8) is 0 Å². The monoisotopic (exact) mass is 379 g/mol. The summed E-state index contributed by atoms with van der Waals surface area (Å²) < 4.78 is 13.7. The number of hydrogen-bond donors (Lipinski definition) is 2. The number of hydrogen-bond acceptors (Lipinski definition) is 6. The van der Waals surface area contributed by atoms with Gasteiger partial charge in [0, 0.05) is 25.7 Å². The Morgan fingerprint density at radius 2 is 2.04 bits per heavy atom. The van der Waals surface area contributed by atoms with E-state index in [0.717, 1.165) is 25.7 Å². The highest BCUT2D eigenvalue weighted by molar-refractivity contribution is 6.00. The van der Waals surface area contributed by atoms with Crippen LogP contribution < -0.4 is 15.5 Å². The van der Waals surface area contributed by atoms with Gasteiger partial charge >= 0.3 is 5.69 Å². The fraction of sp³-hybridized carbons (Fsp3) is 0.667. The number of alkyl halides is 1. The Kier molecular flexibility index (Phi) is 5.76. The van der Waals surface area contributed by atoms with E-state index in [0.29, 0.717) is 24.7 Å². The lowest BCUT2D eigenvalue weighted by atomic mass is 9.87. The third-order valence-corrected chi connectivity index (χ3v) is 5.44. The third kappa shape index (κ3) is 4.28. The molecule has 2 aliphatic rings. The van der Waals surface area contributed by atoms with Gasteiger partial charge in [0.2, 0.25) is 5.82 Å². The molecule has 2 fully saturated rings. The minimum absolute atomic E-state index is 0.0529. The predicted molar refractivity (Wildman–Crippen MR) is 101 cm³/mol. The molecule has 1 amide bonds. The van der Waals surface area contributed by atoms with Crippen LogP contribution in [0.3, 0.4) is 0 Å². The molecule has 3 rings (SSSR count). The van der Waals surface area contributed by atoms with E-state index in [2.05, 4.69) is 22.5 Å². The van der Waals surface area contributed by atoms with Crippen molar-refractivity contribution >= 4 is 23.2 Å². The number of halogens is 1. The number of pyridine rings is 1. The largest absolute Gasteiger partial charge is 0.367 e. The van der Waals surface area contributed by atoms with Crippen molar-refractivity contribution in [2.75, 3.05) is 30.4 Å². The molecule has 1 atom stereocenters. The van der Waals surface area contributed by atoms with Crippen molar-refractivity contribution in [1.29, 1.82) is 0 Å². The molecule has 0 aromatic carbocycles. The first kappa shape index (κ1) is 19.3. The Bertz CT molecular complexity index is 721. The van der Waals surface area contributed by atoms with Gasteiger partial charge in [-0.2, -0.15) is 0 Å². The summed E-state index contributed by atoms with van der Waals surface area (Å²) in [6.45, 7) is 2.76. The zero-order chi connectivity index (χ0) is 19.6. The molecule has 0 unspecified atom stereocenters. The lowest BCUT2D eigenvalue weighted by Gasteiger charge is -2.27. The van der Waals surface area contributed by atoms with Gasteiger partial charge in [-0.25, -0.2) is 9.37 Å². The molecular formula is C18H26FN5O3. The molecule has 148 valence electrons. The van der Waals surface area contributed by atoms with Crippen LogP contribution in [0.2, 0.25) is 0 Å². The maximum atomic E-state index is 13.7. The van der Waals surface area contributed by atoms with Gasteiger partial charge in [0.25, 0.3) is 5.91 Å². The van der Waals surface area contributed by atoms with Gasteiger partial charge in [0.05, 0.1) is 17.0 Å². The van der Waals surface area contributed by atoms with Crippen LogP contribution >= 0.6 is 0 Å². The normalized spacial score (nSPS) is 25.3. The van der Waals surface area contributed by atoms with Gasteiger partial charge in [-0.05, 0) is 38.0 Å². The zero-order valence-electron chi connectivity index (χ0n) is 15.7. The number of nitrogens with one attached hydrogen (secondary N) is 2. The smallest absolute Gasteiger partial charge is 0.312 e. The number of nitro groups is 1. The van der Waals surface area contributed by atoms with Crippen LogP contribution in [0.25, 0.3) is 0 Å². The first-order valence-electron chi connectivity index (χ1n) is 9.46. The second-order valence-corrected chi connectivity index (χ2v) is 7.50. The standard InChI is InChI=1S/C18H26FN5O3/c1-11-3-5-13(6-4-11)21-18(25)14-9-15(24(26)27)16(20-2)22-17(14)23-8-7-12(19)10-23/h9,11-13H,3-8,10H2,1-2H3,(H,20,22)(H,21,25)/t11-,12-,13-/m1/s1. The Labute approximate surface area is 157 Å². The van der Waals surface area contributed by atoms with E-state index in [1.165, 1.54) is 13.1 Å². The van der Waals surface area contributed by atoms with E-state index in [4.69, 9.17) is 0 Å². The fourth-order valence-corrected chi connectivity index (χ4v) is 3.80. The zero-order valence-corrected chi connectivity index (χ0v) is 15.7. The molecule has 1 aliphatic carbocycles. The molecule has 0 spiro atoms. The summed E-state index contributed by atoms with van der Waals surface area (Å²) in [5.41, 5.74) is -0.131. The number of nitrogens with zero attached hydrogens (tertiary/aromatic N) is 3. The van der Waals surface area contributed by atoms with Crippen LogP contribution in [-0.4, -0.2) is 48.2 Å². The second kappa shape index (κ2) is 8.06. The van der Waals surface area contributed by atoms with Crippen LogP contribution in [0.4, 0.5) is 21.7 Å². The van der Waals surface area contributed by atoms with Gasteiger partial charge in [-0.3, -0.25) is 14.9 Å². The summed E-state index contributed by atoms with van der Waals surface area (Å²) in [4.78, 5) is 29.7. The number of carbonyl (C=O) groups excluding carboxylic acids is 1. The minimum Gasteiger partial charge on any atom is -0.367 e. The molecule has 1 aromatic rings. The van der Waals surface area contributed by atoms with E-state index in [1.54, 1.807) is 4.90 Å². The average molecular weight is 379 g/mol. The molecule has 2 heterocycles. The molecule has 1 aliphatic heterocycles. The molecule has 1 saturated carbocycles. The molecular weight excluding hydrogens is 353 g/mol. The Morgan fingerprint density at radius 3 is 2.59 bits per heavy atom. The van der Waals surface area contributed by atoms with Crippen molar-refractivity contribution < 1.29 is 14.1 Å². The van der Waals surface area contributed by atoms with Gasteiger partial charge in [-0.15, -0.1) is 0 Å². The van der Waals surface area contributed by atoms with Crippen molar-refractivity contribution in [3.8, 4) is 0 Å². The predicted octanol–water partition coefficient (Wildman–Crippen LogP) is 2.89. The molecule has 0 bridgehead atoms. The van der Waals surface area contributed by atoms with Crippen LogP contribution in [0.15, 0.2) is 6.07 Å². The summed E-state index contributed by atoms with van der Waals surface area (Å²) in [5.74, 6) is 0.634. The van der Waals surface area contributed by atoms with Gasteiger partial charge in [0.1, 0.15) is 12.0 Å². The molecule has 2 N–H and O–H groups in total. The van der Waals surface area contributed by atoms with Crippen molar-refractivity contribution in [2.24, 2.45) is 5.92 Å². The number of anilines is 2. The Hall–Kier alpha value is -2.45. The number of aromatic nitrogens is 1. The van der Waals surface area contributed by atoms with E-state index < -0.39 is 11.1 Å². The van der Waals surface area contributed by atoms with Crippen LogP contribution in [0, 0.1) is 16.0 Å². The molecule has 27 heavy (non-hydrogen) atoms. The maximum absolute atomic E-state index is 13.7. The fourth-order valence-electron chi connectivity index (χ4n) is 3.80. The van der Waals surface area contributed by atoms with E-state index in [-0.39, 0.29) is 35.6 Å². The summed E-state index contributed by atoms with van der Waals surface area (Å²) in [7, 11) is 1.53. The lowest BCUT2D eigenvalue weighted by molar-refractivity contribution is -0.384. The molecule has 0 radical (unpaired) electrons. The lowest BCUT2D eigenvalue weighted by Crippen LogP contribution is -2.38. The number of carbonyl (C=O) groups is 1. The summed E-state index contributed by atoms with van der Waals surface area (Å²) in [6, 6.07) is 1.30. The van der Waals surface area contributed by atoms with E-state index >= 15 is 0 Å². The maximum Gasteiger partial charge on any atom is 0.312 e. The van der Waals surface area contributed by atoms with Crippen molar-refractivity contribution in [3.05, 3.63) is 21.7 Å². The Morgan fingerprint density at radius 1 is 1.33 bits per heavy atom. The van der Waals surface area contributed by atoms with E-state index in [9.17, 15) is 19.3 Å². The topological polar surface area (TPSA) is 100 Å². The van der Waals surface area contributed by atoms with Gasteiger partial charge in [0.15, 0.2) is 0 Å². The summed E-state index contributed by atoms with van der Waals surface area (Å²) in [6.07, 6.45) is 3.24. The first-order valence-corrected chi connectivity index (χ1v) is 9.46. The second-order valence-electron chi connectivity index (χ2n) is 7.50. The van der Waals surface area contributed by atoms with Crippen LogP contribution in [0.1, 0.15) is 49.4 Å². The van der Waals surface area contributed by atoms with Crippen LogP contribution in [-0.2, 0) is 0 Å². The third-order valence-electron chi connectivity index (χ3n) is 5.44. The number of amides is 1. The summed E-state index contributed by atoms with van der Waals surface area (Å²) in [5, 5.41) is 17.1. The van der Waals surface area contributed by atoms with Gasteiger partial charge in [-0.1, -0.05) is 6.92 Å². The Balaban J connectivity index is 1.91. The molecule has 9 heteroatoms.